The Kier molecular flexibility index (Phi) is 9.23. The van der Waals surface area contributed by atoms with Crippen LogP contribution in [0.4, 0.5) is 4.39 Å². The van der Waals surface area contributed by atoms with E-state index in [1.54, 1.807) is 12.1 Å². The molecule has 0 aromatic heterocycles. The molecule has 0 aliphatic carbocycles. The zero-order valence-electron chi connectivity index (χ0n) is 22.3. The lowest BCUT2D eigenvalue weighted by Crippen LogP contribution is -2.44. The maximum atomic E-state index is 14.5. The van der Waals surface area contributed by atoms with E-state index >= 15 is 0 Å². The average molecular weight is 503 g/mol. The van der Waals surface area contributed by atoms with Gasteiger partial charge in [-0.05, 0) is 76.2 Å². The number of nitrogens with one attached hydrogen (secondary N) is 1. The molecule has 200 valence electrons. The van der Waals surface area contributed by atoms with Gasteiger partial charge in [0.05, 0.1) is 7.11 Å². The zero-order chi connectivity index (χ0) is 25.7. The van der Waals surface area contributed by atoms with Crippen molar-refractivity contribution in [2.24, 2.45) is 22.7 Å². The monoisotopic (exact) mass is 502 g/mol. The lowest BCUT2D eigenvalue weighted by molar-refractivity contribution is -0.126. The Bertz CT molecular complexity index is 908. The number of piperidine rings is 2. The molecular formula is C28H43FN4O3. The van der Waals surface area contributed by atoms with E-state index in [0.717, 1.165) is 63.8 Å². The maximum absolute atomic E-state index is 14.5. The Balaban J connectivity index is 1.19. The van der Waals surface area contributed by atoms with Crippen LogP contribution in [0, 0.1) is 23.6 Å². The predicted molar refractivity (Wildman–Crippen MR) is 140 cm³/mol. The fourth-order valence-electron chi connectivity index (χ4n) is 6.01. The molecule has 7 nitrogen and oxygen atoms in total. The Morgan fingerprint density at radius 3 is 2.58 bits per heavy atom. The third kappa shape index (κ3) is 6.76. The van der Waals surface area contributed by atoms with Gasteiger partial charge < -0.3 is 24.6 Å². The standard InChI is InChI=1S/C28H43FN4O3/c1-19-15-20(2)17-33(16-19)12-6-11-30-27(34)22-9-13-32(14-10-22)18-24-21(3)36-28(31-24)26-23(29)7-5-8-25(26)35-4/h5,7-8,19-22,24H,6,9-18H2,1-4H3,(H,30,34)/t19-,20+,21?,24?. The molecule has 4 atom stereocenters. The van der Waals surface area contributed by atoms with E-state index in [1.165, 1.54) is 32.7 Å². The van der Waals surface area contributed by atoms with Gasteiger partial charge in [-0.1, -0.05) is 19.9 Å². The van der Waals surface area contributed by atoms with Crippen LogP contribution < -0.4 is 10.1 Å². The number of carbonyl (C=O) groups excluding carboxylic acids is 1. The molecule has 2 saturated heterocycles. The van der Waals surface area contributed by atoms with Crippen LogP contribution in [0.2, 0.25) is 0 Å². The molecule has 1 N–H and O–H groups in total. The first-order valence-electron chi connectivity index (χ1n) is 13.6. The predicted octanol–water partition coefficient (Wildman–Crippen LogP) is 3.56. The van der Waals surface area contributed by atoms with E-state index < -0.39 is 5.82 Å². The Labute approximate surface area is 215 Å². The number of aliphatic imine (C=N–C) groups is 1. The second-order valence-electron chi connectivity index (χ2n) is 11.1. The first kappa shape index (κ1) is 26.9. The molecular weight excluding hydrogens is 459 g/mol. The van der Waals surface area contributed by atoms with E-state index in [2.05, 4.69) is 29.0 Å². The highest BCUT2D eigenvalue weighted by molar-refractivity contribution is 5.98. The summed E-state index contributed by atoms with van der Waals surface area (Å²) in [5, 5.41) is 3.18. The summed E-state index contributed by atoms with van der Waals surface area (Å²) in [5.41, 5.74) is 0.286. The molecule has 0 saturated carbocycles. The Morgan fingerprint density at radius 1 is 1.17 bits per heavy atom. The molecule has 3 aliphatic rings. The smallest absolute Gasteiger partial charge is 0.223 e. The van der Waals surface area contributed by atoms with Crippen molar-refractivity contribution in [3.8, 4) is 5.75 Å². The zero-order valence-corrected chi connectivity index (χ0v) is 22.3. The van der Waals surface area contributed by atoms with Crippen LogP contribution in [0.1, 0.15) is 52.0 Å². The van der Waals surface area contributed by atoms with Crippen molar-refractivity contribution in [3.63, 3.8) is 0 Å². The van der Waals surface area contributed by atoms with Crippen LogP contribution in [-0.2, 0) is 9.53 Å². The lowest BCUT2D eigenvalue weighted by Gasteiger charge is -2.35. The average Bonchev–Trinajstić information content (AvgIpc) is 3.20. The molecule has 36 heavy (non-hydrogen) atoms. The number of hydrogen-bond donors (Lipinski definition) is 1. The van der Waals surface area contributed by atoms with Gasteiger partial charge >= 0.3 is 0 Å². The molecule has 2 fully saturated rings. The second-order valence-corrected chi connectivity index (χ2v) is 11.1. The number of likely N-dealkylation sites (tertiary alicyclic amines) is 2. The van der Waals surface area contributed by atoms with E-state index in [-0.39, 0.29) is 29.5 Å². The van der Waals surface area contributed by atoms with Gasteiger partial charge in [0.15, 0.2) is 0 Å². The van der Waals surface area contributed by atoms with Gasteiger partial charge in [-0.15, -0.1) is 0 Å². The van der Waals surface area contributed by atoms with Crippen molar-refractivity contribution in [1.29, 1.82) is 0 Å². The van der Waals surface area contributed by atoms with Crippen molar-refractivity contribution >= 4 is 11.8 Å². The number of halogens is 1. The van der Waals surface area contributed by atoms with Crippen molar-refractivity contribution in [3.05, 3.63) is 29.6 Å². The molecule has 1 aromatic carbocycles. The van der Waals surface area contributed by atoms with Gasteiger partial charge in [-0.25, -0.2) is 9.38 Å². The minimum atomic E-state index is -0.396. The van der Waals surface area contributed by atoms with Crippen molar-refractivity contribution < 1.29 is 18.7 Å². The normalized spacial score (nSPS) is 28.0. The summed E-state index contributed by atoms with van der Waals surface area (Å²) < 4.78 is 25.7. The summed E-state index contributed by atoms with van der Waals surface area (Å²) in [4.78, 5) is 22.3. The molecule has 1 amide bonds. The number of benzene rings is 1. The highest BCUT2D eigenvalue weighted by Gasteiger charge is 2.34. The van der Waals surface area contributed by atoms with Gasteiger partial charge in [0.25, 0.3) is 0 Å². The number of ether oxygens (including phenoxy) is 2. The summed E-state index contributed by atoms with van der Waals surface area (Å²) in [6.07, 6.45) is 3.90. The number of carbonyl (C=O) groups is 1. The quantitative estimate of drug-likeness (QED) is 0.523. The van der Waals surface area contributed by atoms with E-state index in [1.807, 2.05) is 6.92 Å². The summed E-state index contributed by atoms with van der Waals surface area (Å²) >= 11 is 0. The van der Waals surface area contributed by atoms with E-state index in [0.29, 0.717) is 11.6 Å². The molecule has 3 heterocycles. The van der Waals surface area contributed by atoms with Gasteiger partial charge in [-0.3, -0.25) is 4.79 Å². The first-order chi connectivity index (χ1) is 17.3. The molecule has 2 unspecified atom stereocenters. The number of hydrogen-bond acceptors (Lipinski definition) is 6. The van der Waals surface area contributed by atoms with Crippen LogP contribution in [-0.4, -0.2) is 86.7 Å². The highest BCUT2D eigenvalue weighted by Crippen LogP contribution is 2.28. The summed E-state index contributed by atoms with van der Waals surface area (Å²) in [6, 6.07) is 4.65. The second kappa shape index (κ2) is 12.4. The molecule has 0 spiro atoms. The van der Waals surface area contributed by atoms with E-state index in [9.17, 15) is 9.18 Å². The summed E-state index contributed by atoms with van der Waals surface area (Å²) in [5.74, 6) is 2.15. The largest absolute Gasteiger partial charge is 0.496 e. The SMILES string of the molecule is COc1cccc(F)c1C1=NC(CN2CCC(C(=O)NCCCN3C[C@H](C)C[C@H](C)C3)CC2)C(C)O1. The highest BCUT2D eigenvalue weighted by atomic mass is 19.1. The third-order valence-corrected chi connectivity index (χ3v) is 7.83. The van der Waals surface area contributed by atoms with Gasteiger partial charge in [0, 0.05) is 32.1 Å². The molecule has 8 heteroatoms. The first-order valence-corrected chi connectivity index (χ1v) is 13.6. The minimum Gasteiger partial charge on any atom is -0.496 e. The minimum absolute atomic E-state index is 0.0742. The van der Waals surface area contributed by atoms with Gasteiger partial charge in [0.1, 0.15) is 29.3 Å². The fraction of sp³-hybridized carbons (Fsp3) is 0.714. The van der Waals surface area contributed by atoms with Crippen LogP contribution in [0.3, 0.4) is 0 Å². The Hall–Kier alpha value is -2.19. The van der Waals surface area contributed by atoms with Gasteiger partial charge in [-0.2, -0.15) is 0 Å². The number of nitrogens with zero attached hydrogens (tertiary/aromatic N) is 3. The molecule has 1 aromatic rings. The van der Waals surface area contributed by atoms with Crippen LogP contribution in [0.15, 0.2) is 23.2 Å². The lowest BCUT2D eigenvalue weighted by atomic mass is 9.92. The number of methoxy groups -OCH3 is 1. The van der Waals surface area contributed by atoms with E-state index in [4.69, 9.17) is 14.5 Å². The summed E-state index contributed by atoms with van der Waals surface area (Å²) in [7, 11) is 1.52. The van der Waals surface area contributed by atoms with Crippen molar-refractivity contribution in [2.45, 2.75) is 58.6 Å². The summed E-state index contributed by atoms with van der Waals surface area (Å²) in [6.45, 7) is 13.3. The fourth-order valence-corrected chi connectivity index (χ4v) is 6.01. The number of rotatable bonds is 9. The van der Waals surface area contributed by atoms with Crippen molar-refractivity contribution in [2.75, 3.05) is 52.9 Å². The van der Waals surface area contributed by atoms with Crippen LogP contribution in [0.5, 0.6) is 5.75 Å². The molecule has 0 radical (unpaired) electrons. The molecule has 0 bridgehead atoms. The van der Waals surface area contributed by atoms with Crippen LogP contribution >= 0.6 is 0 Å². The third-order valence-electron chi connectivity index (χ3n) is 7.83. The Morgan fingerprint density at radius 2 is 1.89 bits per heavy atom. The van der Waals surface area contributed by atoms with Crippen LogP contribution in [0.25, 0.3) is 0 Å². The number of amides is 1. The molecule has 4 rings (SSSR count). The maximum Gasteiger partial charge on any atom is 0.223 e. The topological polar surface area (TPSA) is 66.4 Å². The van der Waals surface area contributed by atoms with Gasteiger partial charge in [0.2, 0.25) is 11.8 Å². The van der Waals surface area contributed by atoms with Crippen molar-refractivity contribution in [1.82, 2.24) is 15.1 Å². The molecule has 3 aliphatic heterocycles.